The molecule has 0 bridgehead atoms. The van der Waals surface area contributed by atoms with Crippen molar-refractivity contribution >= 4 is 5.97 Å². The summed E-state index contributed by atoms with van der Waals surface area (Å²) in [6.45, 7) is 0. The van der Waals surface area contributed by atoms with Crippen molar-refractivity contribution in [2.75, 3.05) is 7.11 Å². The van der Waals surface area contributed by atoms with E-state index in [1.807, 2.05) is 0 Å². The van der Waals surface area contributed by atoms with Gasteiger partial charge in [-0.2, -0.15) is 0 Å². The summed E-state index contributed by atoms with van der Waals surface area (Å²) < 4.78 is 16.9. The van der Waals surface area contributed by atoms with E-state index in [0.29, 0.717) is 17.2 Å². The second-order valence-electron chi connectivity index (χ2n) is 4.60. The molecule has 5 nitrogen and oxygen atoms in total. The number of hydrogen-bond donors (Lipinski definition) is 1. The zero-order chi connectivity index (χ0) is 12.8. The number of methoxy groups -OCH3 is 1. The van der Waals surface area contributed by atoms with E-state index < -0.39 is 11.8 Å². The molecule has 2 aliphatic rings. The Bertz CT molecular complexity index is 502. The Morgan fingerprint density at radius 1 is 1.28 bits per heavy atom. The Kier molecular flexibility index (Phi) is 2.36. The van der Waals surface area contributed by atoms with Crippen LogP contribution in [0, 0.1) is 0 Å². The lowest BCUT2D eigenvalue weighted by Gasteiger charge is -2.21. The zero-order valence-electron chi connectivity index (χ0n) is 10.1. The molecule has 1 fully saturated rings. The van der Waals surface area contributed by atoms with Gasteiger partial charge in [0.25, 0.3) is 5.79 Å². The molecule has 0 saturated heterocycles. The summed E-state index contributed by atoms with van der Waals surface area (Å²) >= 11 is 0. The number of carbonyl (C=O) groups is 1. The van der Waals surface area contributed by atoms with Crippen LogP contribution in [-0.2, 0) is 0 Å². The smallest absolute Gasteiger partial charge is 0.339 e. The molecule has 5 heteroatoms. The lowest BCUT2D eigenvalue weighted by Crippen LogP contribution is -2.34. The number of aromatic carboxylic acids is 1. The minimum absolute atomic E-state index is 0.120. The molecule has 0 aromatic heterocycles. The monoisotopic (exact) mass is 250 g/mol. The number of carboxylic acids is 1. The number of benzene rings is 1. The van der Waals surface area contributed by atoms with Gasteiger partial charge in [-0.1, -0.05) is 0 Å². The topological polar surface area (TPSA) is 65.0 Å². The number of rotatable bonds is 2. The highest BCUT2D eigenvalue weighted by Crippen LogP contribution is 2.52. The zero-order valence-corrected chi connectivity index (χ0v) is 10.1. The van der Waals surface area contributed by atoms with E-state index in [0.717, 1.165) is 25.7 Å². The molecule has 18 heavy (non-hydrogen) atoms. The predicted octanol–water partition coefficient (Wildman–Crippen LogP) is 2.43. The fourth-order valence-corrected chi connectivity index (χ4v) is 2.58. The first-order valence-corrected chi connectivity index (χ1v) is 5.97. The van der Waals surface area contributed by atoms with Crippen molar-refractivity contribution in [2.45, 2.75) is 31.5 Å². The van der Waals surface area contributed by atoms with E-state index in [2.05, 4.69) is 0 Å². The van der Waals surface area contributed by atoms with Crippen LogP contribution in [0.4, 0.5) is 0 Å². The van der Waals surface area contributed by atoms with Gasteiger partial charge in [0, 0.05) is 12.8 Å². The number of fused-ring (bicyclic) bond motifs is 1. The molecule has 0 radical (unpaired) electrons. The highest BCUT2D eigenvalue weighted by atomic mass is 16.7. The van der Waals surface area contributed by atoms with Crippen molar-refractivity contribution in [1.29, 1.82) is 0 Å². The van der Waals surface area contributed by atoms with E-state index in [4.69, 9.17) is 19.3 Å². The molecular formula is C13H14O5. The summed E-state index contributed by atoms with van der Waals surface area (Å²) in [7, 11) is 1.53. The van der Waals surface area contributed by atoms with Crippen molar-refractivity contribution < 1.29 is 24.1 Å². The number of hydrogen-bond acceptors (Lipinski definition) is 4. The van der Waals surface area contributed by atoms with Crippen molar-refractivity contribution in [2.24, 2.45) is 0 Å². The molecule has 96 valence electrons. The molecule has 3 rings (SSSR count). The van der Waals surface area contributed by atoms with Gasteiger partial charge in [0.2, 0.25) is 5.75 Å². The summed E-state index contributed by atoms with van der Waals surface area (Å²) in [5, 5.41) is 9.17. The molecule has 1 heterocycles. The Balaban J connectivity index is 2.08. The van der Waals surface area contributed by atoms with Crippen molar-refractivity contribution in [3.8, 4) is 17.2 Å². The molecule has 1 aliphatic carbocycles. The van der Waals surface area contributed by atoms with Gasteiger partial charge in [-0.25, -0.2) is 4.79 Å². The Labute approximate surface area is 104 Å². The molecule has 1 aliphatic heterocycles. The highest BCUT2D eigenvalue weighted by Gasteiger charge is 2.46. The molecule has 1 spiro atoms. The Hall–Kier alpha value is -1.91. The van der Waals surface area contributed by atoms with Crippen molar-refractivity contribution in [3.63, 3.8) is 0 Å². The van der Waals surface area contributed by atoms with Crippen LogP contribution in [0.3, 0.4) is 0 Å². The minimum Gasteiger partial charge on any atom is -0.493 e. The Morgan fingerprint density at radius 3 is 2.56 bits per heavy atom. The normalized spacial score (nSPS) is 19.2. The first kappa shape index (κ1) is 11.2. The first-order chi connectivity index (χ1) is 8.65. The summed E-state index contributed by atoms with van der Waals surface area (Å²) in [6.07, 6.45) is 3.62. The molecule has 1 saturated carbocycles. The van der Waals surface area contributed by atoms with E-state index >= 15 is 0 Å². The van der Waals surface area contributed by atoms with Crippen LogP contribution < -0.4 is 14.2 Å². The van der Waals surface area contributed by atoms with E-state index in [9.17, 15) is 4.79 Å². The number of ether oxygens (including phenoxy) is 3. The largest absolute Gasteiger partial charge is 0.493 e. The number of carboxylic acid groups (broad SMARTS) is 1. The van der Waals surface area contributed by atoms with Gasteiger partial charge in [0.15, 0.2) is 11.5 Å². The van der Waals surface area contributed by atoms with Gasteiger partial charge < -0.3 is 19.3 Å². The molecule has 1 aromatic rings. The van der Waals surface area contributed by atoms with Gasteiger partial charge in [-0.05, 0) is 25.0 Å². The lowest BCUT2D eigenvalue weighted by atomic mass is 10.2. The van der Waals surface area contributed by atoms with Crippen LogP contribution >= 0.6 is 0 Å². The maximum atomic E-state index is 11.2. The fraction of sp³-hybridized carbons (Fsp3) is 0.462. The van der Waals surface area contributed by atoms with Gasteiger partial charge in [0.05, 0.1) is 7.11 Å². The second-order valence-corrected chi connectivity index (χ2v) is 4.60. The average molecular weight is 250 g/mol. The summed E-state index contributed by atoms with van der Waals surface area (Å²) in [5.74, 6) is -0.476. The summed E-state index contributed by atoms with van der Waals surface area (Å²) in [4.78, 5) is 11.2. The molecule has 1 N–H and O–H groups in total. The summed E-state index contributed by atoms with van der Waals surface area (Å²) in [5.41, 5.74) is 0.120. The second kappa shape index (κ2) is 3.80. The molecule has 0 atom stereocenters. The third kappa shape index (κ3) is 1.50. The lowest BCUT2D eigenvalue weighted by molar-refractivity contribution is -0.0725. The van der Waals surface area contributed by atoms with Crippen molar-refractivity contribution in [1.82, 2.24) is 0 Å². The highest BCUT2D eigenvalue weighted by molar-refractivity contribution is 5.93. The van der Waals surface area contributed by atoms with Crippen LogP contribution in [0.15, 0.2) is 12.1 Å². The van der Waals surface area contributed by atoms with Crippen LogP contribution in [0.1, 0.15) is 36.0 Å². The van der Waals surface area contributed by atoms with Gasteiger partial charge >= 0.3 is 5.97 Å². The minimum atomic E-state index is -1.02. The maximum Gasteiger partial charge on any atom is 0.339 e. The molecule has 0 unspecified atom stereocenters. The first-order valence-electron chi connectivity index (χ1n) is 5.97. The molecular weight excluding hydrogens is 236 g/mol. The van der Waals surface area contributed by atoms with Crippen LogP contribution in [0.25, 0.3) is 0 Å². The van der Waals surface area contributed by atoms with E-state index in [-0.39, 0.29) is 5.56 Å². The quantitative estimate of drug-likeness (QED) is 0.873. The standard InChI is InChI=1S/C13H14O5/c1-16-9-5-4-8(12(14)15)10-11(9)18-13(17-10)6-2-3-7-13/h4-5H,2-3,6-7H2,1H3,(H,14,15). The van der Waals surface area contributed by atoms with E-state index in [1.54, 1.807) is 6.07 Å². The van der Waals surface area contributed by atoms with Crippen molar-refractivity contribution in [3.05, 3.63) is 17.7 Å². The van der Waals surface area contributed by atoms with Gasteiger partial charge in [0.1, 0.15) is 5.56 Å². The van der Waals surface area contributed by atoms with Crippen LogP contribution in [0.5, 0.6) is 17.2 Å². The molecule has 1 aromatic carbocycles. The van der Waals surface area contributed by atoms with E-state index in [1.165, 1.54) is 13.2 Å². The van der Waals surface area contributed by atoms with Crippen LogP contribution in [0.2, 0.25) is 0 Å². The summed E-state index contributed by atoms with van der Waals surface area (Å²) in [6, 6.07) is 3.08. The Morgan fingerprint density at radius 2 is 1.94 bits per heavy atom. The maximum absolute atomic E-state index is 11.2. The van der Waals surface area contributed by atoms with Gasteiger partial charge in [-0.3, -0.25) is 0 Å². The predicted molar refractivity (Wildman–Crippen MR) is 62.4 cm³/mol. The third-order valence-corrected chi connectivity index (χ3v) is 3.47. The van der Waals surface area contributed by atoms with Gasteiger partial charge in [-0.15, -0.1) is 0 Å². The SMILES string of the molecule is COc1ccc(C(=O)O)c2c1OC1(CCCC1)O2. The van der Waals surface area contributed by atoms with Crippen LogP contribution in [-0.4, -0.2) is 24.0 Å². The third-order valence-electron chi connectivity index (χ3n) is 3.47. The average Bonchev–Trinajstić information content (AvgIpc) is 2.94. The fourth-order valence-electron chi connectivity index (χ4n) is 2.58. The molecule has 0 amide bonds.